The molecule has 0 fully saturated rings. The van der Waals surface area contributed by atoms with Crippen molar-refractivity contribution in [3.05, 3.63) is 23.9 Å². The van der Waals surface area contributed by atoms with Gasteiger partial charge in [-0.15, -0.1) is 0 Å². The molecule has 0 radical (unpaired) electrons. The van der Waals surface area contributed by atoms with Gasteiger partial charge >= 0.3 is 0 Å². The van der Waals surface area contributed by atoms with Crippen molar-refractivity contribution >= 4 is 12.0 Å². The predicted molar refractivity (Wildman–Crippen MR) is 46.4 cm³/mol. The molecule has 1 aromatic rings. The van der Waals surface area contributed by atoms with Crippen LogP contribution in [0.1, 0.15) is 11.3 Å². The van der Waals surface area contributed by atoms with E-state index in [1.807, 2.05) is 13.8 Å². The Bertz CT molecular complexity index is 284. The van der Waals surface area contributed by atoms with E-state index in [-0.39, 0.29) is 0 Å². The van der Waals surface area contributed by atoms with Crippen LogP contribution in [0.25, 0.3) is 0 Å². The van der Waals surface area contributed by atoms with Gasteiger partial charge in [-0.05, 0) is 13.8 Å². The highest BCUT2D eigenvalue weighted by molar-refractivity contribution is 5.73. The number of aromatic nitrogens is 2. The Labute approximate surface area is 65.9 Å². The highest BCUT2D eigenvalue weighted by Gasteiger charge is 2.00. The number of hydrogen-bond donors (Lipinski definition) is 1. The molecule has 0 aliphatic carbocycles. The van der Waals surface area contributed by atoms with Crippen molar-refractivity contribution < 1.29 is 0 Å². The standard InChI is InChI=1S/C8H11N3/c1-4-5-9-8-6(2)7(3)10-11-8/h4-5H,1H2,2-3H3,(H,10,11). The summed E-state index contributed by atoms with van der Waals surface area (Å²) in [5, 5.41) is 6.83. The predicted octanol–water partition coefficient (Wildman–Crippen LogP) is 1.91. The SMILES string of the molecule is C=CC=Nc1n[nH]c(C)c1C. The third-order valence-corrected chi connectivity index (χ3v) is 1.53. The van der Waals surface area contributed by atoms with Crippen molar-refractivity contribution in [3.8, 4) is 0 Å². The molecule has 0 aromatic carbocycles. The number of aromatic amines is 1. The molecule has 0 amide bonds. The minimum Gasteiger partial charge on any atom is -0.280 e. The Morgan fingerprint density at radius 1 is 1.55 bits per heavy atom. The Morgan fingerprint density at radius 3 is 2.73 bits per heavy atom. The third kappa shape index (κ3) is 1.55. The summed E-state index contributed by atoms with van der Waals surface area (Å²) in [5.41, 5.74) is 2.14. The van der Waals surface area contributed by atoms with Crippen molar-refractivity contribution in [2.75, 3.05) is 0 Å². The number of hydrogen-bond acceptors (Lipinski definition) is 2. The van der Waals surface area contributed by atoms with Crippen LogP contribution in [0, 0.1) is 13.8 Å². The molecule has 0 bridgehead atoms. The van der Waals surface area contributed by atoms with Crippen molar-refractivity contribution in [2.24, 2.45) is 4.99 Å². The lowest BCUT2D eigenvalue weighted by molar-refractivity contribution is 1.04. The van der Waals surface area contributed by atoms with E-state index < -0.39 is 0 Å². The molecular weight excluding hydrogens is 138 g/mol. The van der Waals surface area contributed by atoms with E-state index in [1.165, 1.54) is 0 Å². The summed E-state index contributed by atoms with van der Waals surface area (Å²) in [6, 6.07) is 0. The maximum absolute atomic E-state index is 4.06. The number of aliphatic imine (C=N–C) groups is 1. The van der Waals surface area contributed by atoms with Crippen molar-refractivity contribution in [3.63, 3.8) is 0 Å². The van der Waals surface area contributed by atoms with Crippen LogP contribution < -0.4 is 0 Å². The molecule has 3 nitrogen and oxygen atoms in total. The summed E-state index contributed by atoms with van der Waals surface area (Å²) in [4.78, 5) is 4.06. The topological polar surface area (TPSA) is 41.0 Å². The molecule has 1 heterocycles. The first-order chi connectivity index (χ1) is 5.25. The van der Waals surface area contributed by atoms with Gasteiger partial charge in [0, 0.05) is 17.5 Å². The minimum atomic E-state index is 0.738. The van der Waals surface area contributed by atoms with Gasteiger partial charge < -0.3 is 0 Å². The monoisotopic (exact) mass is 149 g/mol. The van der Waals surface area contributed by atoms with Crippen LogP contribution in [-0.4, -0.2) is 16.4 Å². The van der Waals surface area contributed by atoms with Crippen molar-refractivity contribution in [1.82, 2.24) is 10.2 Å². The number of allylic oxidation sites excluding steroid dienone is 1. The van der Waals surface area contributed by atoms with Gasteiger partial charge in [-0.3, -0.25) is 5.10 Å². The van der Waals surface area contributed by atoms with Crippen LogP contribution in [0.5, 0.6) is 0 Å². The molecule has 0 atom stereocenters. The van der Waals surface area contributed by atoms with Gasteiger partial charge in [-0.25, -0.2) is 4.99 Å². The summed E-state index contributed by atoms with van der Waals surface area (Å²) in [6.07, 6.45) is 3.26. The van der Waals surface area contributed by atoms with E-state index in [9.17, 15) is 0 Å². The minimum absolute atomic E-state index is 0.738. The first kappa shape index (κ1) is 7.72. The molecule has 1 N–H and O–H groups in total. The number of nitrogens with zero attached hydrogens (tertiary/aromatic N) is 2. The normalized spacial score (nSPS) is 10.7. The largest absolute Gasteiger partial charge is 0.280 e. The first-order valence-corrected chi connectivity index (χ1v) is 3.42. The fraction of sp³-hybridized carbons (Fsp3) is 0.250. The van der Waals surface area contributed by atoms with E-state index in [0.717, 1.165) is 17.1 Å². The molecule has 0 saturated carbocycles. The second-order valence-electron chi connectivity index (χ2n) is 2.31. The van der Waals surface area contributed by atoms with Crippen LogP contribution in [0.2, 0.25) is 0 Å². The Morgan fingerprint density at radius 2 is 2.27 bits per heavy atom. The van der Waals surface area contributed by atoms with Gasteiger partial charge in [-0.1, -0.05) is 12.7 Å². The Balaban J connectivity index is 2.95. The fourth-order valence-electron chi connectivity index (χ4n) is 0.721. The summed E-state index contributed by atoms with van der Waals surface area (Å²) in [6.45, 7) is 7.47. The molecule has 0 unspecified atom stereocenters. The highest BCUT2D eigenvalue weighted by atomic mass is 15.2. The Kier molecular flexibility index (Phi) is 2.21. The third-order valence-electron chi connectivity index (χ3n) is 1.53. The number of H-pyrrole nitrogens is 1. The molecule has 0 aliphatic heterocycles. The quantitative estimate of drug-likeness (QED) is 0.641. The zero-order valence-electron chi connectivity index (χ0n) is 6.76. The summed E-state index contributed by atoms with van der Waals surface area (Å²) < 4.78 is 0. The van der Waals surface area contributed by atoms with Gasteiger partial charge in [-0.2, -0.15) is 5.10 Å². The van der Waals surface area contributed by atoms with Crippen LogP contribution >= 0.6 is 0 Å². The van der Waals surface area contributed by atoms with E-state index in [4.69, 9.17) is 0 Å². The molecule has 1 aromatic heterocycles. The zero-order valence-corrected chi connectivity index (χ0v) is 6.76. The average Bonchev–Trinajstić information content (AvgIpc) is 2.31. The highest BCUT2D eigenvalue weighted by Crippen LogP contribution is 2.16. The second-order valence-corrected chi connectivity index (χ2v) is 2.31. The first-order valence-electron chi connectivity index (χ1n) is 3.42. The molecule has 1 rings (SSSR count). The zero-order chi connectivity index (χ0) is 8.27. The summed E-state index contributed by atoms with van der Waals surface area (Å²) >= 11 is 0. The molecule has 0 spiro atoms. The van der Waals surface area contributed by atoms with Crippen LogP contribution in [0.4, 0.5) is 5.82 Å². The average molecular weight is 149 g/mol. The van der Waals surface area contributed by atoms with Gasteiger partial charge in [0.05, 0.1) is 0 Å². The van der Waals surface area contributed by atoms with Gasteiger partial charge in [0.1, 0.15) is 0 Å². The number of nitrogens with one attached hydrogen (secondary N) is 1. The summed E-state index contributed by atoms with van der Waals surface area (Å²) in [5.74, 6) is 0.738. The maximum Gasteiger partial charge on any atom is 0.176 e. The molecule has 11 heavy (non-hydrogen) atoms. The van der Waals surface area contributed by atoms with Gasteiger partial charge in [0.2, 0.25) is 0 Å². The summed E-state index contributed by atoms with van der Waals surface area (Å²) in [7, 11) is 0. The maximum atomic E-state index is 4.06. The molecule has 58 valence electrons. The van der Waals surface area contributed by atoms with Crippen LogP contribution in [0.15, 0.2) is 17.6 Å². The van der Waals surface area contributed by atoms with Gasteiger partial charge in [0.15, 0.2) is 5.82 Å². The molecule has 0 saturated heterocycles. The molecular formula is C8H11N3. The lowest BCUT2D eigenvalue weighted by atomic mass is 10.3. The van der Waals surface area contributed by atoms with E-state index in [2.05, 4.69) is 21.8 Å². The van der Waals surface area contributed by atoms with Crippen molar-refractivity contribution in [1.29, 1.82) is 0 Å². The van der Waals surface area contributed by atoms with Crippen LogP contribution in [0.3, 0.4) is 0 Å². The fourth-order valence-corrected chi connectivity index (χ4v) is 0.721. The van der Waals surface area contributed by atoms with Crippen LogP contribution in [-0.2, 0) is 0 Å². The van der Waals surface area contributed by atoms with E-state index in [0.29, 0.717) is 0 Å². The van der Waals surface area contributed by atoms with Gasteiger partial charge in [0.25, 0.3) is 0 Å². The van der Waals surface area contributed by atoms with E-state index >= 15 is 0 Å². The number of aryl methyl sites for hydroxylation is 1. The molecule has 3 heteroatoms. The second kappa shape index (κ2) is 3.14. The lowest BCUT2D eigenvalue weighted by Crippen LogP contribution is -1.71. The Hall–Kier alpha value is -1.38. The van der Waals surface area contributed by atoms with E-state index in [1.54, 1.807) is 12.3 Å². The lowest BCUT2D eigenvalue weighted by Gasteiger charge is -1.86. The van der Waals surface area contributed by atoms with Crippen molar-refractivity contribution in [2.45, 2.75) is 13.8 Å². The smallest absolute Gasteiger partial charge is 0.176 e. The molecule has 0 aliphatic rings. The number of rotatable bonds is 2.